The normalized spacial score (nSPS) is 16.1. The lowest BCUT2D eigenvalue weighted by molar-refractivity contribution is 0.0937. The number of nitrogens with zero attached hydrogens (tertiary/aromatic N) is 1. The quantitative estimate of drug-likeness (QED) is 0.810. The van der Waals surface area contributed by atoms with Crippen molar-refractivity contribution < 1.29 is 9.90 Å². The molecule has 0 radical (unpaired) electrons. The number of piperidine rings is 1. The number of carbonyl (C=O) groups excluding carboxylic acids is 1. The Labute approximate surface area is 120 Å². The van der Waals surface area contributed by atoms with E-state index in [4.69, 9.17) is 0 Å². The van der Waals surface area contributed by atoms with Crippen molar-refractivity contribution >= 4 is 6.03 Å². The Balaban J connectivity index is 1.55. The summed E-state index contributed by atoms with van der Waals surface area (Å²) in [5, 5.41) is 12.4. The first kappa shape index (κ1) is 14.9. The highest BCUT2D eigenvalue weighted by molar-refractivity contribution is 5.74. The molecule has 0 unspecified atom stereocenters. The Hall–Kier alpha value is -1.55. The highest BCUT2D eigenvalue weighted by Crippen LogP contribution is 2.09. The largest absolute Gasteiger partial charge is 0.393 e. The molecule has 2 amide bonds. The van der Waals surface area contributed by atoms with E-state index in [1.165, 1.54) is 5.56 Å². The highest BCUT2D eigenvalue weighted by atomic mass is 16.3. The average Bonchev–Trinajstić information content (AvgIpc) is 2.48. The number of urea groups is 1. The summed E-state index contributed by atoms with van der Waals surface area (Å²) in [6.07, 6.45) is 4.31. The van der Waals surface area contributed by atoms with Crippen molar-refractivity contribution in [2.24, 2.45) is 0 Å². The number of amides is 2. The maximum atomic E-state index is 11.9. The number of likely N-dealkylation sites (tertiary alicyclic amines) is 1. The standard InChI is InChI=1S/C16H24N2O2/c19-15-9-12-18(13-10-15)16(20)17-11-5-4-8-14-6-2-1-3-7-14/h1-3,6-7,15,19H,4-5,8-13H2,(H,17,20). The summed E-state index contributed by atoms with van der Waals surface area (Å²) in [6.45, 7) is 2.05. The number of hydrogen-bond acceptors (Lipinski definition) is 2. The number of hydrogen-bond donors (Lipinski definition) is 2. The molecule has 20 heavy (non-hydrogen) atoms. The summed E-state index contributed by atoms with van der Waals surface area (Å²) in [4.78, 5) is 13.7. The Kier molecular flexibility index (Phi) is 5.87. The molecule has 0 aromatic heterocycles. The third-order valence-corrected chi connectivity index (χ3v) is 3.76. The van der Waals surface area contributed by atoms with E-state index in [2.05, 4.69) is 29.6 Å². The molecule has 0 spiro atoms. The molecule has 4 heteroatoms. The Morgan fingerprint density at radius 1 is 1.20 bits per heavy atom. The fourth-order valence-corrected chi connectivity index (χ4v) is 2.47. The molecule has 1 heterocycles. The van der Waals surface area contributed by atoms with Gasteiger partial charge in [-0.15, -0.1) is 0 Å². The van der Waals surface area contributed by atoms with Crippen molar-refractivity contribution in [3.05, 3.63) is 35.9 Å². The van der Waals surface area contributed by atoms with Crippen LogP contribution in [0.15, 0.2) is 30.3 Å². The second-order valence-corrected chi connectivity index (χ2v) is 5.39. The molecule has 0 saturated carbocycles. The highest BCUT2D eigenvalue weighted by Gasteiger charge is 2.20. The van der Waals surface area contributed by atoms with Gasteiger partial charge < -0.3 is 15.3 Å². The van der Waals surface area contributed by atoms with Gasteiger partial charge >= 0.3 is 6.03 Å². The van der Waals surface area contributed by atoms with E-state index in [1.54, 1.807) is 4.90 Å². The van der Waals surface area contributed by atoms with Gasteiger partial charge in [-0.3, -0.25) is 0 Å². The van der Waals surface area contributed by atoms with Crippen molar-refractivity contribution in [1.29, 1.82) is 0 Å². The SMILES string of the molecule is O=C(NCCCCc1ccccc1)N1CCC(O)CC1. The fourth-order valence-electron chi connectivity index (χ4n) is 2.47. The number of aliphatic hydroxyl groups is 1. The van der Waals surface area contributed by atoms with Gasteiger partial charge in [0.2, 0.25) is 0 Å². The minimum atomic E-state index is -0.232. The molecular weight excluding hydrogens is 252 g/mol. The van der Waals surface area contributed by atoms with Gasteiger partial charge in [0, 0.05) is 19.6 Å². The molecular formula is C16H24N2O2. The van der Waals surface area contributed by atoms with Gasteiger partial charge in [0.05, 0.1) is 6.10 Å². The van der Waals surface area contributed by atoms with E-state index < -0.39 is 0 Å². The average molecular weight is 276 g/mol. The van der Waals surface area contributed by atoms with Crippen molar-refractivity contribution in [3.63, 3.8) is 0 Å². The molecule has 4 nitrogen and oxygen atoms in total. The molecule has 110 valence electrons. The van der Waals surface area contributed by atoms with E-state index in [1.807, 2.05) is 6.07 Å². The predicted octanol–water partition coefficient (Wildman–Crippen LogP) is 2.18. The maximum Gasteiger partial charge on any atom is 0.317 e. The van der Waals surface area contributed by atoms with Crippen LogP contribution in [-0.2, 0) is 6.42 Å². The zero-order chi connectivity index (χ0) is 14.2. The van der Waals surface area contributed by atoms with Crippen molar-refractivity contribution in [3.8, 4) is 0 Å². The van der Waals surface area contributed by atoms with Crippen LogP contribution in [0.25, 0.3) is 0 Å². The van der Waals surface area contributed by atoms with E-state index in [9.17, 15) is 9.90 Å². The van der Waals surface area contributed by atoms with Crippen LogP contribution in [0.3, 0.4) is 0 Å². The topological polar surface area (TPSA) is 52.6 Å². The minimum absolute atomic E-state index is 0.0108. The first-order chi connectivity index (χ1) is 9.75. The van der Waals surface area contributed by atoms with Gasteiger partial charge in [-0.1, -0.05) is 30.3 Å². The summed E-state index contributed by atoms with van der Waals surface area (Å²) in [5.41, 5.74) is 1.35. The summed E-state index contributed by atoms with van der Waals surface area (Å²) >= 11 is 0. The summed E-state index contributed by atoms with van der Waals surface area (Å²) in [6, 6.07) is 10.4. The Morgan fingerprint density at radius 3 is 2.60 bits per heavy atom. The number of carbonyl (C=O) groups is 1. The third-order valence-electron chi connectivity index (χ3n) is 3.76. The van der Waals surface area contributed by atoms with Crippen molar-refractivity contribution in [2.45, 2.75) is 38.2 Å². The molecule has 1 aromatic rings. The minimum Gasteiger partial charge on any atom is -0.393 e. The molecule has 1 aliphatic heterocycles. The number of benzene rings is 1. The monoisotopic (exact) mass is 276 g/mol. The first-order valence-corrected chi connectivity index (χ1v) is 7.50. The molecule has 1 aliphatic rings. The molecule has 0 atom stereocenters. The molecule has 2 rings (SSSR count). The smallest absolute Gasteiger partial charge is 0.317 e. The summed E-state index contributed by atoms with van der Waals surface area (Å²) in [5.74, 6) is 0. The molecule has 1 aromatic carbocycles. The van der Waals surface area contributed by atoms with Crippen LogP contribution in [0.2, 0.25) is 0 Å². The Bertz CT molecular complexity index is 400. The molecule has 0 aliphatic carbocycles. The lowest BCUT2D eigenvalue weighted by Gasteiger charge is -2.29. The second-order valence-electron chi connectivity index (χ2n) is 5.39. The van der Waals surface area contributed by atoms with Crippen LogP contribution >= 0.6 is 0 Å². The number of aliphatic hydroxyl groups excluding tert-OH is 1. The van der Waals surface area contributed by atoms with Crippen LogP contribution < -0.4 is 5.32 Å². The lowest BCUT2D eigenvalue weighted by Crippen LogP contribution is -2.45. The zero-order valence-corrected chi connectivity index (χ0v) is 11.9. The van der Waals surface area contributed by atoms with E-state index in [0.29, 0.717) is 25.9 Å². The van der Waals surface area contributed by atoms with Crippen LogP contribution in [0, 0.1) is 0 Å². The van der Waals surface area contributed by atoms with Gasteiger partial charge in [0.1, 0.15) is 0 Å². The number of rotatable bonds is 5. The number of aryl methyl sites for hydroxylation is 1. The Morgan fingerprint density at radius 2 is 1.90 bits per heavy atom. The van der Waals surface area contributed by atoms with Gasteiger partial charge in [0.25, 0.3) is 0 Å². The van der Waals surface area contributed by atoms with Crippen LogP contribution in [-0.4, -0.2) is 41.8 Å². The third kappa shape index (κ3) is 4.85. The summed E-state index contributed by atoms with van der Waals surface area (Å²) in [7, 11) is 0. The molecule has 1 fully saturated rings. The maximum absolute atomic E-state index is 11.9. The number of unbranched alkanes of at least 4 members (excludes halogenated alkanes) is 1. The second kappa shape index (κ2) is 7.90. The van der Waals surface area contributed by atoms with Gasteiger partial charge in [0.15, 0.2) is 0 Å². The van der Waals surface area contributed by atoms with Crippen molar-refractivity contribution in [2.75, 3.05) is 19.6 Å². The van der Waals surface area contributed by atoms with Gasteiger partial charge in [-0.25, -0.2) is 4.79 Å². The summed E-state index contributed by atoms with van der Waals surface area (Å²) < 4.78 is 0. The van der Waals surface area contributed by atoms with Crippen LogP contribution in [0.5, 0.6) is 0 Å². The lowest BCUT2D eigenvalue weighted by atomic mass is 10.1. The number of nitrogens with one attached hydrogen (secondary N) is 1. The van der Waals surface area contributed by atoms with E-state index >= 15 is 0 Å². The first-order valence-electron chi connectivity index (χ1n) is 7.50. The predicted molar refractivity (Wildman–Crippen MR) is 79.6 cm³/mol. The van der Waals surface area contributed by atoms with Gasteiger partial charge in [-0.2, -0.15) is 0 Å². The zero-order valence-electron chi connectivity index (χ0n) is 11.9. The molecule has 2 N–H and O–H groups in total. The van der Waals surface area contributed by atoms with Crippen LogP contribution in [0.4, 0.5) is 4.79 Å². The fraction of sp³-hybridized carbons (Fsp3) is 0.562. The molecule has 1 saturated heterocycles. The van der Waals surface area contributed by atoms with E-state index in [0.717, 1.165) is 25.8 Å². The molecule has 0 bridgehead atoms. The van der Waals surface area contributed by atoms with E-state index in [-0.39, 0.29) is 12.1 Å². The van der Waals surface area contributed by atoms with Crippen molar-refractivity contribution in [1.82, 2.24) is 10.2 Å². The van der Waals surface area contributed by atoms with Crippen LogP contribution in [0.1, 0.15) is 31.2 Å². The van der Waals surface area contributed by atoms with Gasteiger partial charge in [-0.05, 0) is 37.7 Å².